The number of rotatable bonds is 6. The smallest absolute Gasteiger partial charge is 0.232 e. The van der Waals surface area contributed by atoms with E-state index in [-0.39, 0.29) is 17.7 Å². The van der Waals surface area contributed by atoms with Gasteiger partial charge >= 0.3 is 0 Å². The third-order valence-corrected chi connectivity index (χ3v) is 5.12. The second-order valence-electron chi connectivity index (χ2n) is 6.84. The van der Waals surface area contributed by atoms with Crippen LogP contribution in [0, 0.1) is 5.92 Å². The lowest BCUT2D eigenvalue weighted by molar-refractivity contribution is -0.139. The van der Waals surface area contributed by atoms with Gasteiger partial charge in [0.15, 0.2) is 0 Å². The minimum Gasteiger partial charge on any atom is -0.495 e. The minimum atomic E-state index is -0.142. The normalized spacial score (nSPS) is 21.9. The summed E-state index contributed by atoms with van der Waals surface area (Å²) in [5.74, 6) is 0.748. The van der Waals surface area contributed by atoms with Crippen molar-refractivity contribution in [1.29, 1.82) is 0 Å². The molecular formula is C19H27N3O3. The molecule has 1 aromatic rings. The Morgan fingerprint density at radius 2 is 1.80 bits per heavy atom. The summed E-state index contributed by atoms with van der Waals surface area (Å²) in [4.78, 5) is 29.9. The first-order valence-electron chi connectivity index (χ1n) is 9.04. The van der Waals surface area contributed by atoms with Crippen molar-refractivity contribution in [2.24, 2.45) is 5.92 Å². The SMILES string of the molecule is COc1ccccc1N1CCN(CCCN2C(=O)CC(C)C2=O)CC1. The minimum absolute atomic E-state index is 0.00834. The quantitative estimate of drug-likeness (QED) is 0.733. The van der Waals surface area contributed by atoms with E-state index in [0.29, 0.717) is 13.0 Å². The average molecular weight is 345 g/mol. The van der Waals surface area contributed by atoms with Crippen LogP contribution in [0.25, 0.3) is 0 Å². The number of carbonyl (C=O) groups is 2. The maximum Gasteiger partial charge on any atom is 0.232 e. The van der Waals surface area contributed by atoms with E-state index in [1.165, 1.54) is 4.90 Å². The fraction of sp³-hybridized carbons (Fsp3) is 0.579. The molecule has 25 heavy (non-hydrogen) atoms. The summed E-state index contributed by atoms with van der Waals surface area (Å²) in [5.41, 5.74) is 1.15. The highest BCUT2D eigenvalue weighted by atomic mass is 16.5. The van der Waals surface area contributed by atoms with Crippen molar-refractivity contribution >= 4 is 17.5 Å². The third kappa shape index (κ3) is 3.95. The van der Waals surface area contributed by atoms with Gasteiger partial charge in [-0.15, -0.1) is 0 Å². The Morgan fingerprint density at radius 3 is 2.44 bits per heavy atom. The van der Waals surface area contributed by atoms with Gasteiger partial charge in [0.25, 0.3) is 0 Å². The van der Waals surface area contributed by atoms with Crippen molar-refractivity contribution in [3.63, 3.8) is 0 Å². The molecule has 2 aliphatic rings. The summed E-state index contributed by atoms with van der Waals surface area (Å²) >= 11 is 0. The zero-order chi connectivity index (χ0) is 17.8. The van der Waals surface area contributed by atoms with Crippen LogP contribution < -0.4 is 9.64 Å². The topological polar surface area (TPSA) is 53.1 Å². The molecule has 0 N–H and O–H groups in total. The second-order valence-corrected chi connectivity index (χ2v) is 6.84. The van der Waals surface area contributed by atoms with E-state index < -0.39 is 0 Å². The first-order valence-corrected chi connectivity index (χ1v) is 9.04. The predicted molar refractivity (Wildman–Crippen MR) is 96.8 cm³/mol. The van der Waals surface area contributed by atoms with E-state index >= 15 is 0 Å². The summed E-state index contributed by atoms with van der Waals surface area (Å²) in [5, 5.41) is 0. The summed E-state index contributed by atoms with van der Waals surface area (Å²) in [6.45, 7) is 7.18. The van der Waals surface area contributed by atoms with Crippen LogP contribution in [0.1, 0.15) is 19.8 Å². The van der Waals surface area contributed by atoms with Crippen molar-refractivity contribution in [3.8, 4) is 5.75 Å². The maximum atomic E-state index is 11.9. The van der Waals surface area contributed by atoms with Gasteiger partial charge in [-0.1, -0.05) is 19.1 Å². The highest BCUT2D eigenvalue weighted by Crippen LogP contribution is 2.28. The molecule has 1 atom stereocenters. The number of methoxy groups -OCH3 is 1. The predicted octanol–water partition coefficient (Wildman–Crippen LogP) is 1.60. The van der Waals surface area contributed by atoms with Crippen LogP contribution in [0.5, 0.6) is 5.75 Å². The Bertz CT molecular complexity index is 626. The third-order valence-electron chi connectivity index (χ3n) is 5.12. The van der Waals surface area contributed by atoms with Gasteiger partial charge in [0.1, 0.15) is 5.75 Å². The molecule has 2 amide bonds. The number of ether oxygens (including phenoxy) is 1. The van der Waals surface area contributed by atoms with E-state index in [1.54, 1.807) is 7.11 Å². The van der Waals surface area contributed by atoms with E-state index in [2.05, 4.69) is 15.9 Å². The Kier molecular flexibility index (Phi) is 5.58. The first-order chi connectivity index (χ1) is 12.1. The molecule has 2 heterocycles. The molecule has 1 aromatic carbocycles. The lowest BCUT2D eigenvalue weighted by Crippen LogP contribution is -2.47. The van der Waals surface area contributed by atoms with E-state index in [1.807, 2.05) is 25.1 Å². The highest BCUT2D eigenvalue weighted by Gasteiger charge is 2.34. The van der Waals surface area contributed by atoms with Crippen LogP contribution in [-0.2, 0) is 9.59 Å². The summed E-state index contributed by atoms with van der Waals surface area (Å²) in [6, 6.07) is 8.11. The Balaban J connectivity index is 1.44. The van der Waals surface area contributed by atoms with Gasteiger partial charge in [-0.25, -0.2) is 0 Å². The number of nitrogens with zero attached hydrogens (tertiary/aromatic N) is 3. The van der Waals surface area contributed by atoms with Gasteiger partial charge < -0.3 is 9.64 Å². The fourth-order valence-corrected chi connectivity index (χ4v) is 3.64. The number of carbonyl (C=O) groups excluding carboxylic acids is 2. The molecule has 2 saturated heterocycles. The van der Waals surface area contributed by atoms with Crippen molar-refractivity contribution < 1.29 is 14.3 Å². The van der Waals surface area contributed by atoms with Crippen molar-refractivity contribution in [3.05, 3.63) is 24.3 Å². The Hall–Kier alpha value is -2.08. The number of piperazine rings is 1. The van der Waals surface area contributed by atoms with Crippen LogP contribution >= 0.6 is 0 Å². The molecule has 6 nitrogen and oxygen atoms in total. The molecule has 136 valence electrons. The molecule has 0 spiro atoms. The molecule has 1 unspecified atom stereocenters. The van der Waals surface area contributed by atoms with Gasteiger partial charge in [-0.05, 0) is 25.1 Å². The van der Waals surface area contributed by atoms with Gasteiger partial charge in [0.05, 0.1) is 12.8 Å². The van der Waals surface area contributed by atoms with Crippen LogP contribution in [0.4, 0.5) is 5.69 Å². The number of hydrogen-bond acceptors (Lipinski definition) is 5. The standard InChI is InChI=1S/C19H27N3O3/c1-15-14-18(23)22(19(15)24)9-5-8-20-10-12-21(13-11-20)16-6-3-4-7-17(16)25-2/h3-4,6-7,15H,5,8-14H2,1-2H3. The van der Waals surface area contributed by atoms with Gasteiger partial charge in [0.2, 0.25) is 11.8 Å². The van der Waals surface area contributed by atoms with Crippen molar-refractivity contribution in [2.75, 3.05) is 51.3 Å². The Morgan fingerprint density at radius 1 is 1.08 bits per heavy atom. The number of benzene rings is 1. The number of para-hydroxylation sites is 2. The van der Waals surface area contributed by atoms with E-state index in [9.17, 15) is 9.59 Å². The van der Waals surface area contributed by atoms with Crippen LogP contribution in [-0.4, -0.2) is 68.0 Å². The zero-order valence-corrected chi connectivity index (χ0v) is 15.1. The van der Waals surface area contributed by atoms with Gasteiger partial charge in [-0.2, -0.15) is 0 Å². The van der Waals surface area contributed by atoms with Crippen LogP contribution in [0.3, 0.4) is 0 Å². The highest BCUT2D eigenvalue weighted by molar-refractivity contribution is 6.03. The first kappa shape index (κ1) is 17.7. The van der Waals surface area contributed by atoms with E-state index in [0.717, 1.165) is 50.6 Å². The molecule has 3 rings (SSSR count). The van der Waals surface area contributed by atoms with Crippen molar-refractivity contribution in [1.82, 2.24) is 9.80 Å². The molecule has 2 aliphatic heterocycles. The van der Waals surface area contributed by atoms with Crippen LogP contribution in [0.15, 0.2) is 24.3 Å². The molecule has 2 fully saturated rings. The van der Waals surface area contributed by atoms with Gasteiger partial charge in [0, 0.05) is 45.1 Å². The number of amides is 2. The van der Waals surface area contributed by atoms with Crippen molar-refractivity contribution in [2.45, 2.75) is 19.8 Å². The molecule has 6 heteroatoms. The lowest BCUT2D eigenvalue weighted by atomic mass is 10.1. The summed E-state index contributed by atoms with van der Waals surface area (Å²) < 4.78 is 5.45. The molecule has 0 bridgehead atoms. The van der Waals surface area contributed by atoms with Crippen LogP contribution in [0.2, 0.25) is 0 Å². The fourth-order valence-electron chi connectivity index (χ4n) is 3.64. The molecule has 0 aromatic heterocycles. The summed E-state index contributed by atoms with van der Waals surface area (Å²) in [6.07, 6.45) is 1.22. The van der Waals surface area contributed by atoms with E-state index in [4.69, 9.17) is 4.74 Å². The molecule has 0 aliphatic carbocycles. The second kappa shape index (κ2) is 7.87. The lowest BCUT2D eigenvalue weighted by Gasteiger charge is -2.36. The maximum absolute atomic E-state index is 11.9. The monoisotopic (exact) mass is 345 g/mol. The zero-order valence-electron chi connectivity index (χ0n) is 15.1. The largest absolute Gasteiger partial charge is 0.495 e. The number of anilines is 1. The average Bonchev–Trinajstić information content (AvgIpc) is 2.88. The summed E-state index contributed by atoms with van der Waals surface area (Å²) in [7, 11) is 1.71. The molecule has 0 radical (unpaired) electrons. The number of imide groups is 1. The number of hydrogen-bond donors (Lipinski definition) is 0. The van der Waals surface area contributed by atoms with Gasteiger partial charge in [-0.3, -0.25) is 19.4 Å². The molecule has 0 saturated carbocycles. The molecular weight excluding hydrogens is 318 g/mol. The Labute approximate surface area is 149 Å². The number of likely N-dealkylation sites (tertiary alicyclic amines) is 1.